The normalized spacial score (nSPS) is 20.7. The van der Waals surface area contributed by atoms with Crippen molar-refractivity contribution in [3.8, 4) is 0 Å². The summed E-state index contributed by atoms with van der Waals surface area (Å²) in [7, 11) is 0. The van der Waals surface area contributed by atoms with E-state index in [2.05, 4.69) is 20.8 Å². The lowest BCUT2D eigenvalue weighted by Crippen LogP contribution is -2.36. The van der Waals surface area contributed by atoms with Gasteiger partial charge in [0.05, 0.1) is 0 Å². The van der Waals surface area contributed by atoms with Crippen LogP contribution in [0.3, 0.4) is 0 Å². The van der Waals surface area contributed by atoms with Crippen molar-refractivity contribution in [2.24, 2.45) is 0 Å². The smallest absolute Gasteiger partial charge is 0.272 e. The van der Waals surface area contributed by atoms with Gasteiger partial charge in [-0.25, -0.2) is 0 Å². The Balaban J connectivity index is 1.52. The largest absolute Gasteiger partial charge is 0.366 e. The number of carbonyl (C=O) groups excluding carboxylic acids is 1. The van der Waals surface area contributed by atoms with E-state index in [1.807, 2.05) is 6.07 Å². The monoisotopic (exact) mass is 316 g/mol. The van der Waals surface area contributed by atoms with E-state index in [9.17, 15) is 4.79 Å². The fourth-order valence-corrected chi connectivity index (χ4v) is 3.67. The molecule has 1 heterocycles. The highest BCUT2D eigenvalue weighted by Crippen LogP contribution is 2.20. The number of nitrogens with one attached hydrogen (secondary N) is 2. The van der Waals surface area contributed by atoms with E-state index < -0.39 is 0 Å². The second-order valence-electron chi connectivity index (χ2n) is 6.95. The van der Waals surface area contributed by atoms with Crippen molar-refractivity contribution < 1.29 is 4.79 Å². The summed E-state index contributed by atoms with van der Waals surface area (Å²) in [5.41, 5.74) is 0.419. The number of rotatable bonds is 4. The van der Waals surface area contributed by atoms with E-state index in [1.54, 1.807) is 6.07 Å². The van der Waals surface area contributed by atoms with Crippen molar-refractivity contribution in [1.82, 2.24) is 15.5 Å². The predicted molar refractivity (Wildman–Crippen MR) is 91.5 cm³/mol. The fraction of sp³-hybridized carbons (Fsp3) is 0.722. The zero-order chi connectivity index (χ0) is 15.9. The summed E-state index contributed by atoms with van der Waals surface area (Å²) in [6, 6.07) is 4.47. The Bertz CT molecular complexity index is 488. The van der Waals surface area contributed by atoms with Gasteiger partial charge in [0, 0.05) is 12.1 Å². The van der Waals surface area contributed by atoms with E-state index in [0.29, 0.717) is 17.8 Å². The second kappa shape index (κ2) is 8.27. The van der Waals surface area contributed by atoms with Crippen molar-refractivity contribution in [3.63, 3.8) is 0 Å². The summed E-state index contributed by atoms with van der Waals surface area (Å²) in [6.45, 7) is 0. The third-order valence-electron chi connectivity index (χ3n) is 5.04. The molecular weight excluding hydrogens is 288 g/mol. The minimum absolute atomic E-state index is 0.0922. The fourth-order valence-electron chi connectivity index (χ4n) is 3.67. The molecule has 2 N–H and O–H groups in total. The first-order valence-electron chi connectivity index (χ1n) is 9.22. The molecule has 0 radical (unpaired) electrons. The topological polar surface area (TPSA) is 66.9 Å². The van der Waals surface area contributed by atoms with Gasteiger partial charge in [0.1, 0.15) is 5.82 Å². The molecule has 0 spiro atoms. The van der Waals surface area contributed by atoms with E-state index in [4.69, 9.17) is 0 Å². The molecule has 1 aromatic rings. The number of carbonyl (C=O) groups is 1. The van der Waals surface area contributed by atoms with Gasteiger partial charge in [0.15, 0.2) is 5.69 Å². The maximum absolute atomic E-state index is 12.2. The lowest BCUT2D eigenvalue weighted by atomic mass is 9.95. The molecule has 2 fully saturated rings. The number of hydrogen-bond acceptors (Lipinski definition) is 4. The average Bonchev–Trinajstić information content (AvgIpc) is 2.85. The number of nitrogens with zero attached hydrogens (tertiary/aromatic N) is 2. The van der Waals surface area contributed by atoms with Crippen LogP contribution in [0.1, 0.15) is 81.1 Å². The lowest BCUT2D eigenvalue weighted by molar-refractivity contribution is 0.0921. The maximum Gasteiger partial charge on any atom is 0.272 e. The number of anilines is 1. The van der Waals surface area contributed by atoms with E-state index in [1.165, 1.54) is 57.8 Å². The third-order valence-corrected chi connectivity index (χ3v) is 5.04. The summed E-state index contributed by atoms with van der Waals surface area (Å²) >= 11 is 0. The van der Waals surface area contributed by atoms with Crippen molar-refractivity contribution in [2.75, 3.05) is 5.32 Å². The van der Waals surface area contributed by atoms with E-state index >= 15 is 0 Å². The van der Waals surface area contributed by atoms with E-state index in [-0.39, 0.29) is 5.91 Å². The Kier molecular flexibility index (Phi) is 5.83. The maximum atomic E-state index is 12.2. The van der Waals surface area contributed by atoms with Gasteiger partial charge in [0.25, 0.3) is 5.91 Å². The summed E-state index contributed by atoms with van der Waals surface area (Å²) in [5.74, 6) is 0.691. The first-order valence-corrected chi connectivity index (χ1v) is 9.22. The van der Waals surface area contributed by atoms with Crippen molar-refractivity contribution >= 4 is 11.7 Å². The number of aromatic nitrogens is 2. The number of hydrogen-bond donors (Lipinski definition) is 2. The number of amides is 1. The Morgan fingerprint density at radius 2 is 1.43 bits per heavy atom. The molecule has 126 valence electrons. The Hall–Kier alpha value is -1.65. The van der Waals surface area contributed by atoms with Gasteiger partial charge < -0.3 is 10.6 Å². The molecular formula is C18H28N4O. The van der Waals surface area contributed by atoms with Gasteiger partial charge in [-0.3, -0.25) is 4.79 Å². The molecule has 5 nitrogen and oxygen atoms in total. The van der Waals surface area contributed by atoms with Crippen LogP contribution in [0.2, 0.25) is 0 Å². The van der Waals surface area contributed by atoms with E-state index in [0.717, 1.165) is 18.7 Å². The summed E-state index contributed by atoms with van der Waals surface area (Å²) < 4.78 is 0. The third kappa shape index (κ3) is 4.91. The molecule has 2 aliphatic carbocycles. The Morgan fingerprint density at radius 3 is 2.04 bits per heavy atom. The molecule has 0 unspecified atom stereocenters. The molecule has 1 amide bonds. The Morgan fingerprint density at radius 1 is 0.826 bits per heavy atom. The van der Waals surface area contributed by atoms with Crippen LogP contribution in [0.4, 0.5) is 5.82 Å². The highest BCUT2D eigenvalue weighted by molar-refractivity contribution is 5.92. The van der Waals surface area contributed by atoms with Gasteiger partial charge in [-0.15, -0.1) is 10.2 Å². The molecule has 0 saturated heterocycles. The summed E-state index contributed by atoms with van der Waals surface area (Å²) in [5, 5.41) is 14.8. The van der Waals surface area contributed by atoms with Gasteiger partial charge in [-0.05, 0) is 37.8 Å². The minimum Gasteiger partial charge on any atom is -0.366 e. The van der Waals surface area contributed by atoms with Gasteiger partial charge >= 0.3 is 0 Å². The van der Waals surface area contributed by atoms with Crippen LogP contribution in [0.25, 0.3) is 0 Å². The van der Waals surface area contributed by atoms with Crippen LogP contribution in [0, 0.1) is 0 Å². The molecule has 5 heteroatoms. The Labute approximate surface area is 138 Å². The average molecular weight is 316 g/mol. The SMILES string of the molecule is O=C(NC1CCCCC1)c1ccc(NC2CCCCCC2)nn1. The molecule has 1 aromatic heterocycles. The molecule has 0 aliphatic heterocycles. The minimum atomic E-state index is -0.0922. The highest BCUT2D eigenvalue weighted by Gasteiger charge is 2.18. The first kappa shape index (κ1) is 16.2. The van der Waals surface area contributed by atoms with Crippen LogP contribution < -0.4 is 10.6 Å². The van der Waals surface area contributed by atoms with Gasteiger partial charge in [-0.1, -0.05) is 44.9 Å². The lowest BCUT2D eigenvalue weighted by Gasteiger charge is -2.22. The first-order chi connectivity index (χ1) is 11.3. The molecule has 2 aliphatic rings. The highest BCUT2D eigenvalue weighted by atomic mass is 16.2. The molecule has 2 saturated carbocycles. The van der Waals surface area contributed by atoms with Gasteiger partial charge in [0.2, 0.25) is 0 Å². The van der Waals surface area contributed by atoms with Crippen LogP contribution >= 0.6 is 0 Å². The van der Waals surface area contributed by atoms with Crippen molar-refractivity contribution in [3.05, 3.63) is 17.8 Å². The standard InChI is InChI=1S/C18H28N4O/c23-18(20-15-10-6-3-7-11-15)16-12-13-17(22-21-16)19-14-8-4-1-2-5-9-14/h12-15H,1-11H2,(H,19,22)(H,20,23). The van der Waals surface area contributed by atoms with Crippen LogP contribution in [-0.2, 0) is 0 Å². The quantitative estimate of drug-likeness (QED) is 0.832. The summed E-state index contributed by atoms with van der Waals surface area (Å²) in [4.78, 5) is 12.2. The molecule has 0 bridgehead atoms. The second-order valence-corrected chi connectivity index (χ2v) is 6.95. The molecule has 23 heavy (non-hydrogen) atoms. The van der Waals surface area contributed by atoms with Crippen molar-refractivity contribution in [1.29, 1.82) is 0 Å². The molecule has 0 atom stereocenters. The summed E-state index contributed by atoms with van der Waals surface area (Å²) in [6.07, 6.45) is 13.5. The van der Waals surface area contributed by atoms with Crippen molar-refractivity contribution in [2.45, 2.75) is 82.7 Å². The van der Waals surface area contributed by atoms with Crippen LogP contribution in [0.15, 0.2) is 12.1 Å². The van der Waals surface area contributed by atoms with Gasteiger partial charge in [-0.2, -0.15) is 0 Å². The zero-order valence-corrected chi connectivity index (χ0v) is 13.9. The predicted octanol–water partition coefficient (Wildman–Crippen LogP) is 3.67. The zero-order valence-electron chi connectivity index (χ0n) is 13.9. The molecule has 3 rings (SSSR count). The van der Waals surface area contributed by atoms with Crippen LogP contribution in [0.5, 0.6) is 0 Å². The van der Waals surface area contributed by atoms with Crippen LogP contribution in [-0.4, -0.2) is 28.2 Å². The molecule has 0 aromatic carbocycles.